The van der Waals surface area contributed by atoms with Crippen molar-refractivity contribution in [1.82, 2.24) is 20.2 Å². The van der Waals surface area contributed by atoms with Crippen LogP contribution in [0.2, 0.25) is 0 Å². The summed E-state index contributed by atoms with van der Waals surface area (Å²) in [5.41, 5.74) is -0.462. The van der Waals surface area contributed by atoms with Gasteiger partial charge >= 0.3 is 5.69 Å². The average molecular weight is 410 g/mol. The molecule has 0 amide bonds. The molecule has 28 heavy (non-hydrogen) atoms. The molecule has 4 N–H and O–H groups in total. The van der Waals surface area contributed by atoms with Crippen molar-refractivity contribution in [1.29, 1.82) is 0 Å². The van der Waals surface area contributed by atoms with Gasteiger partial charge in [0.2, 0.25) is 0 Å². The second-order valence-electron chi connectivity index (χ2n) is 5.77. The summed E-state index contributed by atoms with van der Waals surface area (Å²) in [7, 11) is -3.99. The summed E-state index contributed by atoms with van der Waals surface area (Å²) in [4.78, 5) is 17.4. The highest BCUT2D eigenvalue weighted by Crippen LogP contribution is 2.18. The maximum Gasteiger partial charge on any atom is 0.340 e. The molecule has 0 aliphatic carbocycles. The van der Waals surface area contributed by atoms with Crippen LogP contribution in [0.3, 0.4) is 0 Å². The number of sulfonamides is 1. The highest BCUT2D eigenvalue weighted by molar-refractivity contribution is 7.92. The summed E-state index contributed by atoms with van der Waals surface area (Å²) in [5, 5.41) is 9.08. The Kier molecular flexibility index (Phi) is 5.68. The van der Waals surface area contributed by atoms with E-state index in [1.54, 1.807) is 0 Å². The normalized spacial score (nSPS) is 11.4. The summed E-state index contributed by atoms with van der Waals surface area (Å²) in [6.07, 6.45) is 2.37. The minimum atomic E-state index is -3.99. The Hall–Kier alpha value is -3.28. The van der Waals surface area contributed by atoms with E-state index < -0.39 is 21.7 Å². The highest BCUT2D eigenvalue weighted by Gasteiger charge is 2.16. The molecule has 0 atom stereocenters. The van der Waals surface area contributed by atoms with Crippen LogP contribution in [0.1, 0.15) is 12.2 Å². The Morgan fingerprint density at radius 3 is 2.57 bits per heavy atom. The van der Waals surface area contributed by atoms with Crippen LogP contribution in [0.25, 0.3) is 0 Å². The average Bonchev–Trinajstić information content (AvgIpc) is 3.07. The number of nitrogens with zero attached hydrogens (tertiary/aromatic N) is 2. The summed E-state index contributed by atoms with van der Waals surface area (Å²) in [5.74, 6) is -1.22. The van der Waals surface area contributed by atoms with E-state index in [4.69, 9.17) is 0 Å². The first kappa shape index (κ1) is 19.5. The van der Waals surface area contributed by atoms with Crippen molar-refractivity contribution in [3.8, 4) is 0 Å². The third-order valence-corrected chi connectivity index (χ3v) is 5.03. The largest absolute Gasteiger partial charge is 0.370 e. The van der Waals surface area contributed by atoms with E-state index in [0.29, 0.717) is 31.0 Å². The molecular weight excluding hydrogens is 394 g/mol. The molecule has 0 fully saturated rings. The number of benzene rings is 1. The van der Waals surface area contributed by atoms with Gasteiger partial charge in [-0.15, -0.1) is 0 Å². The van der Waals surface area contributed by atoms with Crippen molar-refractivity contribution < 1.29 is 17.2 Å². The van der Waals surface area contributed by atoms with Gasteiger partial charge in [-0.05, 0) is 30.7 Å². The third-order valence-electron chi connectivity index (χ3n) is 3.67. The van der Waals surface area contributed by atoms with Crippen LogP contribution in [-0.4, -0.2) is 35.1 Å². The zero-order valence-electron chi connectivity index (χ0n) is 14.4. The van der Waals surface area contributed by atoms with Crippen molar-refractivity contribution in [2.45, 2.75) is 17.7 Å². The molecule has 0 radical (unpaired) electrons. The van der Waals surface area contributed by atoms with Gasteiger partial charge in [0.25, 0.3) is 10.0 Å². The maximum atomic E-state index is 13.2. The summed E-state index contributed by atoms with van der Waals surface area (Å²) < 4.78 is 52.9. The number of aryl methyl sites for hydroxylation is 1. The zero-order chi connectivity index (χ0) is 20.1. The molecule has 0 spiro atoms. The predicted molar refractivity (Wildman–Crippen MR) is 97.4 cm³/mol. The van der Waals surface area contributed by atoms with E-state index in [-0.39, 0.29) is 16.3 Å². The minimum Gasteiger partial charge on any atom is -0.370 e. The van der Waals surface area contributed by atoms with E-state index >= 15 is 0 Å². The minimum absolute atomic E-state index is 0.0995. The van der Waals surface area contributed by atoms with Crippen LogP contribution < -0.4 is 15.7 Å². The molecule has 148 valence electrons. The molecule has 0 bridgehead atoms. The predicted octanol–water partition coefficient (Wildman–Crippen LogP) is 1.62. The van der Waals surface area contributed by atoms with Crippen LogP contribution >= 0.6 is 0 Å². The lowest BCUT2D eigenvalue weighted by Crippen LogP contribution is -2.14. The second-order valence-corrected chi connectivity index (χ2v) is 7.45. The zero-order valence-corrected chi connectivity index (χ0v) is 15.2. The molecule has 2 aromatic heterocycles. The number of H-pyrrole nitrogens is 2. The second kappa shape index (κ2) is 8.17. The SMILES string of the molecule is O=c1[nH]nc(CCCNc2ccc(S(=O)(=O)Nc3ccc(F)c(F)c3)cn2)[nH]1. The number of nitrogens with one attached hydrogen (secondary N) is 4. The summed E-state index contributed by atoms with van der Waals surface area (Å²) >= 11 is 0. The number of pyridine rings is 1. The number of aromatic nitrogens is 4. The molecule has 0 aliphatic heterocycles. The van der Waals surface area contributed by atoms with Gasteiger partial charge in [0.05, 0.1) is 5.69 Å². The number of hydrogen-bond donors (Lipinski definition) is 4. The van der Waals surface area contributed by atoms with Crippen molar-refractivity contribution in [2.24, 2.45) is 0 Å². The summed E-state index contributed by atoms with van der Waals surface area (Å²) in [6.45, 7) is 0.529. The Labute approximate surface area is 158 Å². The van der Waals surface area contributed by atoms with E-state index in [9.17, 15) is 22.0 Å². The molecule has 0 unspecified atom stereocenters. The maximum absolute atomic E-state index is 13.2. The standard InChI is InChI=1S/C16H16F2N6O3S/c17-12-5-3-10(8-13(12)18)24-28(26,27)11-4-6-14(20-9-11)19-7-1-2-15-21-16(25)23-22-15/h3-6,8-9,24H,1-2,7H2,(H,19,20)(H2,21,22,23,25). The molecule has 0 saturated carbocycles. The Balaban J connectivity index is 1.56. The fourth-order valence-corrected chi connectivity index (χ4v) is 3.31. The van der Waals surface area contributed by atoms with Crippen molar-refractivity contribution in [3.05, 3.63) is 64.5 Å². The third kappa shape index (κ3) is 4.91. The number of hydrogen-bond acceptors (Lipinski definition) is 6. The first-order valence-corrected chi connectivity index (χ1v) is 9.63. The lowest BCUT2D eigenvalue weighted by Gasteiger charge is -2.09. The fourth-order valence-electron chi connectivity index (χ4n) is 2.31. The van der Waals surface area contributed by atoms with Gasteiger partial charge in [0.1, 0.15) is 16.5 Å². The van der Waals surface area contributed by atoms with Crippen molar-refractivity contribution in [2.75, 3.05) is 16.6 Å². The van der Waals surface area contributed by atoms with Crippen LogP contribution in [-0.2, 0) is 16.4 Å². The Morgan fingerprint density at radius 2 is 1.93 bits per heavy atom. The summed E-state index contributed by atoms with van der Waals surface area (Å²) in [6, 6.07) is 5.52. The number of halogens is 2. The molecule has 2 heterocycles. The topological polar surface area (TPSA) is 133 Å². The van der Waals surface area contributed by atoms with Crippen LogP contribution in [0.4, 0.5) is 20.3 Å². The monoisotopic (exact) mass is 410 g/mol. The number of aromatic amines is 2. The van der Waals surface area contributed by atoms with Gasteiger partial charge in [-0.3, -0.25) is 9.71 Å². The van der Waals surface area contributed by atoms with Gasteiger partial charge in [0, 0.05) is 25.2 Å². The first-order valence-electron chi connectivity index (χ1n) is 8.15. The van der Waals surface area contributed by atoms with Gasteiger partial charge in [-0.1, -0.05) is 0 Å². The highest BCUT2D eigenvalue weighted by atomic mass is 32.2. The van der Waals surface area contributed by atoms with Crippen molar-refractivity contribution in [3.63, 3.8) is 0 Å². The van der Waals surface area contributed by atoms with Gasteiger partial charge < -0.3 is 5.32 Å². The van der Waals surface area contributed by atoms with Crippen LogP contribution in [0.5, 0.6) is 0 Å². The number of rotatable bonds is 8. The molecule has 1 aromatic carbocycles. The quantitative estimate of drug-likeness (QED) is 0.417. The first-order chi connectivity index (χ1) is 13.3. The molecule has 3 aromatic rings. The molecule has 0 saturated heterocycles. The van der Waals surface area contributed by atoms with Gasteiger partial charge in [-0.2, -0.15) is 5.10 Å². The lowest BCUT2D eigenvalue weighted by molar-refractivity contribution is 0.509. The fraction of sp³-hybridized carbons (Fsp3) is 0.188. The van der Waals surface area contributed by atoms with Gasteiger partial charge in [-0.25, -0.2) is 32.1 Å². The Morgan fingerprint density at radius 1 is 1.11 bits per heavy atom. The van der Waals surface area contributed by atoms with E-state index in [1.165, 1.54) is 12.1 Å². The van der Waals surface area contributed by atoms with Crippen LogP contribution in [0, 0.1) is 11.6 Å². The van der Waals surface area contributed by atoms with Crippen molar-refractivity contribution >= 4 is 21.5 Å². The molecule has 12 heteroatoms. The van der Waals surface area contributed by atoms with E-state index in [2.05, 4.69) is 30.2 Å². The molecule has 9 nitrogen and oxygen atoms in total. The van der Waals surface area contributed by atoms with E-state index in [0.717, 1.165) is 24.4 Å². The number of anilines is 2. The van der Waals surface area contributed by atoms with Crippen LogP contribution in [0.15, 0.2) is 46.2 Å². The molecular formula is C16H16F2N6O3S. The Bertz CT molecular complexity index is 1110. The molecule has 0 aliphatic rings. The molecule has 3 rings (SSSR count). The van der Waals surface area contributed by atoms with Gasteiger partial charge in [0.15, 0.2) is 11.6 Å². The smallest absolute Gasteiger partial charge is 0.340 e. The van der Waals surface area contributed by atoms with E-state index in [1.807, 2.05) is 0 Å². The lowest BCUT2D eigenvalue weighted by atomic mass is 10.3.